The maximum atomic E-state index is 11.8. The highest BCUT2D eigenvalue weighted by Crippen LogP contribution is 2.26. The minimum atomic E-state index is -0.155. The van der Waals surface area contributed by atoms with Crippen LogP contribution in [0.1, 0.15) is 19.7 Å². The third kappa shape index (κ3) is 3.72. The Morgan fingerprint density at radius 1 is 1.29 bits per heavy atom. The number of nitrogens with one attached hydrogen (secondary N) is 1. The first-order valence-electron chi connectivity index (χ1n) is 6.75. The first kappa shape index (κ1) is 15.3. The summed E-state index contributed by atoms with van der Waals surface area (Å²) in [7, 11) is 0. The van der Waals surface area contributed by atoms with Crippen LogP contribution in [0.25, 0.3) is 11.5 Å². The maximum Gasteiger partial charge on any atom is 0.317 e. The van der Waals surface area contributed by atoms with Crippen molar-refractivity contribution in [3.8, 4) is 11.5 Å². The SMILES string of the molecule is CCN(CC)C(=O)NCc1nnc(-c2ccccc2Cl)o1. The molecule has 0 saturated heterocycles. The topological polar surface area (TPSA) is 71.3 Å². The fourth-order valence-corrected chi connectivity index (χ4v) is 2.06. The minimum absolute atomic E-state index is 0.155. The molecule has 2 amide bonds. The molecule has 0 aliphatic heterocycles. The lowest BCUT2D eigenvalue weighted by Gasteiger charge is -2.18. The Bertz CT molecular complexity index is 611. The van der Waals surface area contributed by atoms with Crippen LogP contribution in [0.2, 0.25) is 5.02 Å². The Morgan fingerprint density at radius 3 is 2.67 bits per heavy atom. The number of carbonyl (C=O) groups excluding carboxylic acids is 1. The zero-order valence-corrected chi connectivity index (χ0v) is 12.7. The average molecular weight is 309 g/mol. The fraction of sp³-hybridized carbons (Fsp3) is 0.357. The minimum Gasteiger partial charge on any atom is -0.419 e. The van der Waals surface area contributed by atoms with Gasteiger partial charge in [0.15, 0.2) is 0 Å². The molecule has 0 radical (unpaired) electrons. The molecule has 0 aliphatic carbocycles. The molecule has 7 heteroatoms. The molecule has 0 bridgehead atoms. The van der Waals surface area contributed by atoms with Gasteiger partial charge in [-0.2, -0.15) is 0 Å². The lowest BCUT2D eigenvalue weighted by atomic mass is 10.2. The van der Waals surface area contributed by atoms with Gasteiger partial charge in [0.2, 0.25) is 11.8 Å². The standard InChI is InChI=1S/C14H17ClN4O2/c1-3-19(4-2)14(20)16-9-12-17-18-13(21-12)10-7-5-6-8-11(10)15/h5-8H,3-4,9H2,1-2H3,(H,16,20). The van der Waals surface area contributed by atoms with Crippen molar-refractivity contribution in [3.05, 3.63) is 35.2 Å². The Balaban J connectivity index is 2.01. The smallest absolute Gasteiger partial charge is 0.317 e. The Morgan fingerprint density at radius 2 is 2.00 bits per heavy atom. The van der Waals surface area contributed by atoms with E-state index >= 15 is 0 Å². The van der Waals surface area contributed by atoms with E-state index in [1.54, 1.807) is 17.0 Å². The van der Waals surface area contributed by atoms with E-state index in [1.165, 1.54) is 0 Å². The third-order valence-electron chi connectivity index (χ3n) is 3.01. The number of hydrogen-bond acceptors (Lipinski definition) is 4. The molecule has 0 unspecified atom stereocenters. The second-order valence-electron chi connectivity index (χ2n) is 4.31. The van der Waals surface area contributed by atoms with Gasteiger partial charge in [0.05, 0.1) is 17.1 Å². The molecule has 0 spiro atoms. The van der Waals surface area contributed by atoms with E-state index in [-0.39, 0.29) is 12.6 Å². The molecule has 1 N–H and O–H groups in total. The summed E-state index contributed by atoms with van der Waals surface area (Å²) in [5.74, 6) is 0.679. The third-order valence-corrected chi connectivity index (χ3v) is 3.34. The average Bonchev–Trinajstić information content (AvgIpc) is 2.95. The van der Waals surface area contributed by atoms with Gasteiger partial charge in [0.1, 0.15) is 0 Å². The number of halogens is 1. The quantitative estimate of drug-likeness (QED) is 0.922. The summed E-state index contributed by atoms with van der Waals surface area (Å²) < 4.78 is 5.51. The van der Waals surface area contributed by atoms with E-state index < -0.39 is 0 Å². The van der Waals surface area contributed by atoms with Crippen molar-refractivity contribution in [2.24, 2.45) is 0 Å². The predicted molar refractivity (Wildman–Crippen MR) is 79.9 cm³/mol. The van der Waals surface area contributed by atoms with Gasteiger partial charge in [0.25, 0.3) is 0 Å². The molecular formula is C14H17ClN4O2. The van der Waals surface area contributed by atoms with Gasteiger partial charge in [-0.1, -0.05) is 23.7 Å². The summed E-state index contributed by atoms with van der Waals surface area (Å²) in [6.07, 6.45) is 0. The molecule has 2 aromatic rings. The normalized spacial score (nSPS) is 10.4. The molecule has 0 saturated carbocycles. The van der Waals surface area contributed by atoms with E-state index in [0.29, 0.717) is 35.5 Å². The first-order valence-corrected chi connectivity index (χ1v) is 7.13. The van der Waals surface area contributed by atoms with Crippen molar-refractivity contribution in [2.75, 3.05) is 13.1 Å². The maximum absolute atomic E-state index is 11.8. The Labute approximate surface area is 128 Å². The number of aromatic nitrogens is 2. The van der Waals surface area contributed by atoms with Crippen LogP contribution in [-0.2, 0) is 6.54 Å². The monoisotopic (exact) mass is 308 g/mol. The molecule has 2 rings (SSSR count). The van der Waals surface area contributed by atoms with Crippen LogP contribution in [0.4, 0.5) is 4.79 Å². The van der Waals surface area contributed by atoms with Crippen molar-refractivity contribution >= 4 is 17.6 Å². The molecule has 1 heterocycles. The summed E-state index contributed by atoms with van der Waals surface area (Å²) in [6.45, 7) is 5.33. The summed E-state index contributed by atoms with van der Waals surface area (Å²) in [5.41, 5.74) is 0.674. The molecular weight excluding hydrogens is 292 g/mol. The van der Waals surface area contributed by atoms with E-state index in [9.17, 15) is 4.79 Å². The molecule has 0 fully saturated rings. The molecule has 21 heavy (non-hydrogen) atoms. The summed E-state index contributed by atoms with van der Waals surface area (Å²) in [6, 6.07) is 7.06. The van der Waals surface area contributed by atoms with Crippen molar-refractivity contribution < 1.29 is 9.21 Å². The summed E-state index contributed by atoms with van der Waals surface area (Å²) >= 11 is 6.07. The van der Waals surface area contributed by atoms with Crippen molar-refractivity contribution in [2.45, 2.75) is 20.4 Å². The fourth-order valence-electron chi connectivity index (χ4n) is 1.84. The highest BCUT2D eigenvalue weighted by molar-refractivity contribution is 6.33. The first-order chi connectivity index (χ1) is 10.2. The number of nitrogens with zero attached hydrogens (tertiary/aromatic N) is 3. The second kappa shape index (κ2) is 7.08. The van der Waals surface area contributed by atoms with Gasteiger partial charge in [-0.15, -0.1) is 10.2 Å². The van der Waals surface area contributed by atoms with Crippen molar-refractivity contribution in [1.29, 1.82) is 0 Å². The van der Waals surface area contributed by atoms with Crippen molar-refractivity contribution in [1.82, 2.24) is 20.4 Å². The number of hydrogen-bond donors (Lipinski definition) is 1. The molecule has 112 valence electrons. The van der Waals surface area contributed by atoms with Crippen LogP contribution in [0.5, 0.6) is 0 Å². The van der Waals surface area contributed by atoms with Crippen LogP contribution >= 0.6 is 11.6 Å². The largest absolute Gasteiger partial charge is 0.419 e. The number of urea groups is 1. The zero-order chi connectivity index (χ0) is 15.2. The number of rotatable bonds is 5. The lowest BCUT2D eigenvalue weighted by Crippen LogP contribution is -2.39. The second-order valence-corrected chi connectivity index (χ2v) is 4.72. The van der Waals surface area contributed by atoms with Crippen LogP contribution in [0.15, 0.2) is 28.7 Å². The van der Waals surface area contributed by atoms with Gasteiger partial charge < -0.3 is 14.6 Å². The predicted octanol–water partition coefficient (Wildman–Crippen LogP) is 2.94. The number of benzene rings is 1. The lowest BCUT2D eigenvalue weighted by molar-refractivity contribution is 0.201. The molecule has 0 aliphatic rings. The van der Waals surface area contributed by atoms with Crippen molar-refractivity contribution in [3.63, 3.8) is 0 Å². The summed E-state index contributed by atoms with van der Waals surface area (Å²) in [5, 5.41) is 11.1. The van der Waals surface area contributed by atoms with Crippen LogP contribution < -0.4 is 5.32 Å². The molecule has 6 nitrogen and oxygen atoms in total. The number of amides is 2. The molecule has 1 aromatic heterocycles. The molecule has 1 aromatic carbocycles. The van der Waals surface area contributed by atoms with Crippen LogP contribution in [0.3, 0.4) is 0 Å². The highest BCUT2D eigenvalue weighted by atomic mass is 35.5. The number of carbonyl (C=O) groups is 1. The van der Waals surface area contributed by atoms with Gasteiger partial charge >= 0.3 is 6.03 Å². The van der Waals surface area contributed by atoms with Gasteiger partial charge in [-0.05, 0) is 26.0 Å². The van der Waals surface area contributed by atoms with Gasteiger partial charge in [0, 0.05) is 13.1 Å². The van der Waals surface area contributed by atoms with E-state index in [2.05, 4.69) is 15.5 Å². The molecule has 0 atom stereocenters. The van der Waals surface area contributed by atoms with Crippen LogP contribution in [0, 0.1) is 0 Å². The highest BCUT2D eigenvalue weighted by Gasteiger charge is 2.13. The Kier molecular flexibility index (Phi) is 5.16. The summed E-state index contributed by atoms with van der Waals surface area (Å²) in [4.78, 5) is 13.5. The van der Waals surface area contributed by atoms with E-state index in [1.807, 2.05) is 26.0 Å². The Hall–Kier alpha value is -2.08. The zero-order valence-electron chi connectivity index (χ0n) is 12.0. The van der Waals surface area contributed by atoms with E-state index in [0.717, 1.165) is 0 Å². The van der Waals surface area contributed by atoms with E-state index in [4.69, 9.17) is 16.0 Å². The van der Waals surface area contributed by atoms with Crippen LogP contribution in [-0.4, -0.2) is 34.2 Å². The van der Waals surface area contributed by atoms with Gasteiger partial charge in [-0.3, -0.25) is 0 Å². The van der Waals surface area contributed by atoms with Gasteiger partial charge in [-0.25, -0.2) is 4.79 Å².